The average molecular weight is 181 g/mol. The first-order valence-electron chi connectivity index (χ1n) is 4.33. The minimum absolute atomic E-state index is 0.275. The molecular weight excluding hydrogens is 166 g/mol. The fraction of sp³-hybridized carbons (Fsp3) is 0.500. The molecule has 1 rings (SSSR count). The Morgan fingerprint density at radius 3 is 2.54 bits per heavy atom. The summed E-state index contributed by atoms with van der Waals surface area (Å²) >= 11 is 0. The highest BCUT2D eigenvalue weighted by molar-refractivity contribution is 5.89. The third-order valence-electron chi connectivity index (χ3n) is 2.03. The summed E-state index contributed by atoms with van der Waals surface area (Å²) in [5.74, 6) is -0.275. The lowest BCUT2D eigenvalue weighted by atomic mass is 10.3. The number of nitrogens with zero attached hydrogens (tertiary/aromatic N) is 1. The molecule has 0 aliphatic heterocycles. The molecule has 0 amide bonds. The van der Waals surface area contributed by atoms with E-state index in [0.717, 1.165) is 5.69 Å². The lowest BCUT2D eigenvalue weighted by molar-refractivity contribution is 0.0600. The van der Waals surface area contributed by atoms with E-state index >= 15 is 0 Å². The molecule has 0 spiro atoms. The molecule has 0 aromatic carbocycles. The Balaban J connectivity index is 3.02. The molecule has 0 fully saturated rings. The van der Waals surface area contributed by atoms with Crippen LogP contribution >= 0.6 is 0 Å². The second kappa shape index (κ2) is 3.64. The standard InChI is InChI=1S/C10H15NO2/c1-7(2)11-6-9(5-8(11)3)10(12)13-4/h5-7H,1-4H3. The van der Waals surface area contributed by atoms with Crippen molar-refractivity contribution in [2.75, 3.05) is 7.11 Å². The molecule has 1 aromatic rings. The topological polar surface area (TPSA) is 31.2 Å². The molecule has 0 aliphatic rings. The van der Waals surface area contributed by atoms with E-state index in [0.29, 0.717) is 11.6 Å². The molecule has 0 atom stereocenters. The van der Waals surface area contributed by atoms with Gasteiger partial charge in [-0.1, -0.05) is 0 Å². The van der Waals surface area contributed by atoms with Gasteiger partial charge in [0.1, 0.15) is 0 Å². The van der Waals surface area contributed by atoms with Crippen molar-refractivity contribution in [3.8, 4) is 0 Å². The van der Waals surface area contributed by atoms with Gasteiger partial charge in [0.2, 0.25) is 0 Å². The van der Waals surface area contributed by atoms with E-state index in [1.54, 1.807) is 0 Å². The summed E-state index contributed by atoms with van der Waals surface area (Å²) in [5, 5.41) is 0. The van der Waals surface area contributed by atoms with Gasteiger partial charge in [0.05, 0.1) is 12.7 Å². The fourth-order valence-electron chi connectivity index (χ4n) is 1.37. The lowest BCUT2D eigenvalue weighted by Crippen LogP contribution is -2.02. The second-order valence-electron chi connectivity index (χ2n) is 3.36. The van der Waals surface area contributed by atoms with Gasteiger partial charge in [-0.3, -0.25) is 0 Å². The molecule has 1 heterocycles. The summed E-state index contributed by atoms with van der Waals surface area (Å²) in [6, 6.07) is 2.21. The van der Waals surface area contributed by atoms with Gasteiger partial charge in [-0.15, -0.1) is 0 Å². The van der Waals surface area contributed by atoms with Crippen molar-refractivity contribution < 1.29 is 9.53 Å². The highest BCUT2D eigenvalue weighted by atomic mass is 16.5. The highest BCUT2D eigenvalue weighted by Gasteiger charge is 2.11. The fourth-order valence-corrected chi connectivity index (χ4v) is 1.37. The van der Waals surface area contributed by atoms with Crippen molar-refractivity contribution in [2.24, 2.45) is 0 Å². The van der Waals surface area contributed by atoms with Crippen molar-refractivity contribution >= 4 is 5.97 Å². The molecular formula is C10H15NO2. The van der Waals surface area contributed by atoms with E-state index in [-0.39, 0.29) is 5.97 Å². The predicted molar refractivity (Wildman–Crippen MR) is 50.9 cm³/mol. The molecule has 13 heavy (non-hydrogen) atoms. The number of ether oxygens (including phenoxy) is 1. The first kappa shape index (κ1) is 9.84. The highest BCUT2D eigenvalue weighted by Crippen LogP contribution is 2.14. The monoisotopic (exact) mass is 181 g/mol. The number of hydrogen-bond acceptors (Lipinski definition) is 2. The van der Waals surface area contributed by atoms with Crippen molar-refractivity contribution in [1.29, 1.82) is 0 Å². The van der Waals surface area contributed by atoms with Gasteiger partial charge in [-0.2, -0.15) is 0 Å². The van der Waals surface area contributed by atoms with E-state index in [2.05, 4.69) is 18.6 Å². The summed E-state index contributed by atoms with van der Waals surface area (Å²) in [6.45, 7) is 6.13. The van der Waals surface area contributed by atoms with E-state index in [9.17, 15) is 4.79 Å². The lowest BCUT2D eigenvalue weighted by Gasteiger charge is -2.08. The molecule has 3 nitrogen and oxygen atoms in total. The number of carbonyl (C=O) groups excluding carboxylic acids is 1. The van der Waals surface area contributed by atoms with Gasteiger partial charge in [0, 0.05) is 17.9 Å². The number of aromatic nitrogens is 1. The number of esters is 1. The first-order chi connectivity index (χ1) is 6.06. The number of aryl methyl sites for hydroxylation is 1. The largest absolute Gasteiger partial charge is 0.465 e. The molecule has 72 valence electrons. The van der Waals surface area contributed by atoms with Gasteiger partial charge >= 0.3 is 5.97 Å². The number of carbonyl (C=O) groups is 1. The molecule has 0 saturated carbocycles. The molecule has 0 saturated heterocycles. The zero-order valence-electron chi connectivity index (χ0n) is 8.50. The third kappa shape index (κ3) is 1.91. The van der Waals surface area contributed by atoms with Gasteiger partial charge in [-0.25, -0.2) is 4.79 Å². The van der Waals surface area contributed by atoms with Crippen molar-refractivity contribution in [3.05, 3.63) is 23.5 Å². The smallest absolute Gasteiger partial charge is 0.339 e. The van der Waals surface area contributed by atoms with Crippen LogP contribution in [0.5, 0.6) is 0 Å². The maximum atomic E-state index is 11.2. The van der Waals surface area contributed by atoms with E-state index in [1.807, 2.05) is 23.8 Å². The average Bonchev–Trinajstić information content (AvgIpc) is 2.46. The summed E-state index contributed by atoms with van der Waals surface area (Å²) in [6.07, 6.45) is 1.83. The quantitative estimate of drug-likeness (QED) is 0.655. The molecule has 0 N–H and O–H groups in total. The first-order valence-corrected chi connectivity index (χ1v) is 4.33. The predicted octanol–water partition coefficient (Wildman–Crippen LogP) is 2.16. The van der Waals surface area contributed by atoms with Crippen LogP contribution in [0.4, 0.5) is 0 Å². The van der Waals surface area contributed by atoms with Gasteiger partial charge in [-0.05, 0) is 26.8 Å². The van der Waals surface area contributed by atoms with Crippen LogP contribution in [0.2, 0.25) is 0 Å². The van der Waals surface area contributed by atoms with E-state index < -0.39 is 0 Å². The van der Waals surface area contributed by atoms with Crippen LogP contribution in [-0.4, -0.2) is 17.6 Å². The van der Waals surface area contributed by atoms with Crippen LogP contribution in [0.3, 0.4) is 0 Å². The number of methoxy groups -OCH3 is 1. The van der Waals surface area contributed by atoms with Crippen molar-refractivity contribution in [1.82, 2.24) is 4.57 Å². The third-order valence-corrected chi connectivity index (χ3v) is 2.03. The number of rotatable bonds is 2. The summed E-state index contributed by atoms with van der Waals surface area (Å²) in [7, 11) is 1.39. The molecule has 0 aliphatic carbocycles. The molecule has 0 bridgehead atoms. The Morgan fingerprint density at radius 1 is 1.54 bits per heavy atom. The van der Waals surface area contributed by atoms with Crippen molar-refractivity contribution in [2.45, 2.75) is 26.8 Å². The molecule has 0 radical (unpaired) electrons. The zero-order chi connectivity index (χ0) is 10.0. The molecule has 1 aromatic heterocycles. The van der Waals surface area contributed by atoms with Crippen LogP contribution in [0.1, 0.15) is 35.9 Å². The molecule has 0 unspecified atom stereocenters. The zero-order valence-corrected chi connectivity index (χ0v) is 8.50. The van der Waals surface area contributed by atoms with Crippen LogP contribution in [0.25, 0.3) is 0 Å². The Bertz CT molecular complexity index is 313. The maximum Gasteiger partial charge on any atom is 0.339 e. The Morgan fingerprint density at radius 2 is 2.15 bits per heavy atom. The summed E-state index contributed by atoms with van der Waals surface area (Å²) in [5.41, 5.74) is 1.70. The van der Waals surface area contributed by atoms with Crippen molar-refractivity contribution in [3.63, 3.8) is 0 Å². The van der Waals surface area contributed by atoms with Gasteiger partial charge in [0.15, 0.2) is 0 Å². The second-order valence-corrected chi connectivity index (χ2v) is 3.36. The van der Waals surface area contributed by atoms with E-state index in [1.165, 1.54) is 7.11 Å². The van der Waals surface area contributed by atoms with Crippen LogP contribution in [0.15, 0.2) is 12.3 Å². The SMILES string of the molecule is COC(=O)c1cc(C)n(C(C)C)c1. The minimum atomic E-state index is -0.275. The number of hydrogen-bond donors (Lipinski definition) is 0. The van der Waals surface area contributed by atoms with Crippen LogP contribution in [-0.2, 0) is 4.74 Å². The molecule has 3 heteroatoms. The van der Waals surface area contributed by atoms with Gasteiger partial charge in [0.25, 0.3) is 0 Å². The minimum Gasteiger partial charge on any atom is -0.465 e. The summed E-state index contributed by atoms with van der Waals surface area (Å²) < 4.78 is 6.68. The Hall–Kier alpha value is -1.25. The van der Waals surface area contributed by atoms with Gasteiger partial charge < -0.3 is 9.30 Å². The maximum absolute atomic E-state index is 11.2. The normalized spacial score (nSPS) is 10.5. The Labute approximate surface area is 78.3 Å². The summed E-state index contributed by atoms with van der Waals surface area (Å²) in [4.78, 5) is 11.2. The van der Waals surface area contributed by atoms with E-state index in [4.69, 9.17) is 0 Å². The van der Waals surface area contributed by atoms with Crippen LogP contribution in [0, 0.1) is 6.92 Å². The Kier molecular flexibility index (Phi) is 2.76. The van der Waals surface area contributed by atoms with Crippen LogP contribution < -0.4 is 0 Å².